The van der Waals surface area contributed by atoms with Crippen LogP contribution in [-0.4, -0.2) is 27.7 Å². The van der Waals surface area contributed by atoms with E-state index in [0.717, 1.165) is 42.5 Å². The van der Waals surface area contributed by atoms with Gasteiger partial charge in [0.2, 0.25) is 0 Å². The second-order valence-electron chi connectivity index (χ2n) is 8.25. The molecule has 0 spiro atoms. The van der Waals surface area contributed by atoms with Crippen LogP contribution in [0.4, 0.5) is 8.78 Å². The van der Waals surface area contributed by atoms with Crippen molar-refractivity contribution in [2.75, 3.05) is 6.54 Å². The van der Waals surface area contributed by atoms with Gasteiger partial charge in [0.15, 0.2) is 0 Å². The molecule has 6 rings (SSSR count). The van der Waals surface area contributed by atoms with Crippen LogP contribution in [0.3, 0.4) is 0 Å². The van der Waals surface area contributed by atoms with Crippen LogP contribution in [0.1, 0.15) is 37.7 Å². The molecule has 3 nitrogen and oxygen atoms in total. The molecule has 3 heterocycles. The number of hydrogen-bond donors (Lipinski definition) is 1. The molecule has 2 unspecified atom stereocenters. The summed E-state index contributed by atoms with van der Waals surface area (Å²) in [6.07, 6.45) is 8.62. The average molecular weight is 343 g/mol. The van der Waals surface area contributed by atoms with Crippen LogP contribution in [0.2, 0.25) is 0 Å². The van der Waals surface area contributed by atoms with Crippen molar-refractivity contribution in [3.8, 4) is 11.3 Å². The summed E-state index contributed by atoms with van der Waals surface area (Å²) in [5, 5.41) is 7.07. The standard InChI is InChI=1S/C20H23F2N3/c21-16-1-2-18(19(22)8-16)20-15(9-23-24-20)11-25-10-14-4-12-3-13(5-14)7-17(25)6-12/h1-2,8-9,12-14,17H,3-7,10-11H2,(H,23,24)/t12-,13+,14?,17?. The first kappa shape index (κ1) is 15.5. The highest BCUT2D eigenvalue weighted by Gasteiger charge is 2.42. The van der Waals surface area contributed by atoms with E-state index in [1.165, 1.54) is 44.2 Å². The van der Waals surface area contributed by atoms with Crippen molar-refractivity contribution in [2.24, 2.45) is 17.8 Å². The lowest BCUT2D eigenvalue weighted by atomic mass is 9.68. The van der Waals surface area contributed by atoms with Crippen molar-refractivity contribution in [3.63, 3.8) is 0 Å². The smallest absolute Gasteiger partial charge is 0.135 e. The van der Waals surface area contributed by atoms with Gasteiger partial charge in [0.1, 0.15) is 11.6 Å². The van der Waals surface area contributed by atoms with Crippen molar-refractivity contribution in [1.29, 1.82) is 0 Å². The predicted octanol–water partition coefficient (Wildman–Crippen LogP) is 4.37. The monoisotopic (exact) mass is 343 g/mol. The Bertz CT molecular complexity index is 773. The Balaban J connectivity index is 1.43. The Hall–Kier alpha value is -1.75. The van der Waals surface area contributed by atoms with Gasteiger partial charge in [-0.2, -0.15) is 5.10 Å². The number of aromatic nitrogens is 2. The number of rotatable bonds is 3. The first-order valence-electron chi connectivity index (χ1n) is 9.37. The minimum absolute atomic E-state index is 0.398. The van der Waals surface area contributed by atoms with Gasteiger partial charge in [-0.25, -0.2) is 8.78 Å². The molecule has 132 valence electrons. The highest BCUT2D eigenvalue weighted by molar-refractivity contribution is 5.63. The molecule has 1 aromatic carbocycles. The Morgan fingerprint density at radius 1 is 1.04 bits per heavy atom. The number of fused-ring (bicyclic) bond motifs is 1. The quantitative estimate of drug-likeness (QED) is 0.898. The zero-order valence-corrected chi connectivity index (χ0v) is 14.2. The fourth-order valence-electron chi connectivity index (χ4n) is 5.65. The number of nitrogens with zero attached hydrogens (tertiary/aromatic N) is 2. The molecule has 2 aliphatic heterocycles. The van der Waals surface area contributed by atoms with Crippen LogP contribution in [0, 0.1) is 29.4 Å². The molecule has 0 radical (unpaired) electrons. The first-order chi connectivity index (χ1) is 12.2. The lowest BCUT2D eigenvalue weighted by Crippen LogP contribution is -2.37. The van der Waals surface area contributed by atoms with Gasteiger partial charge in [-0.1, -0.05) is 0 Å². The van der Waals surface area contributed by atoms with Crippen molar-refractivity contribution in [1.82, 2.24) is 15.1 Å². The molecule has 2 saturated heterocycles. The maximum Gasteiger partial charge on any atom is 0.135 e. The third-order valence-corrected chi connectivity index (χ3v) is 6.51. The van der Waals surface area contributed by atoms with Gasteiger partial charge in [0.25, 0.3) is 0 Å². The summed E-state index contributed by atoms with van der Waals surface area (Å²) in [6, 6.07) is 4.39. The van der Waals surface area contributed by atoms with Crippen molar-refractivity contribution in [2.45, 2.75) is 44.7 Å². The molecule has 4 fully saturated rings. The van der Waals surface area contributed by atoms with Crippen molar-refractivity contribution in [3.05, 3.63) is 41.6 Å². The molecule has 2 aromatic rings. The van der Waals surface area contributed by atoms with Gasteiger partial charge in [0.05, 0.1) is 11.9 Å². The Labute approximate surface area is 146 Å². The maximum absolute atomic E-state index is 14.2. The molecule has 4 aliphatic rings. The molecular formula is C20H23F2N3. The fraction of sp³-hybridized carbons (Fsp3) is 0.550. The van der Waals surface area contributed by atoms with Crippen LogP contribution in [0.25, 0.3) is 11.3 Å². The van der Waals surface area contributed by atoms with E-state index in [2.05, 4.69) is 15.1 Å². The lowest BCUT2D eigenvalue weighted by Gasteiger charge is -2.39. The SMILES string of the molecule is Fc1ccc(-c2[nH]ncc2CN2CC3C[C@@H]4CC2C[C@H](C3)C4)c(F)c1. The number of aromatic amines is 1. The number of hydrogen-bond acceptors (Lipinski definition) is 2. The maximum atomic E-state index is 14.2. The highest BCUT2D eigenvalue weighted by Crippen LogP contribution is 2.47. The van der Waals surface area contributed by atoms with E-state index in [1.807, 2.05) is 0 Å². The highest BCUT2D eigenvalue weighted by atomic mass is 19.1. The molecule has 4 atom stereocenters. The minimum Gasteiger partial charge on any atom is -0.296 e. The molecule has 5 heteroatoms. The summed E-state index contributed by atoms with van der Waals surface area (Å²) in [4.78, 5) is 2.60. The molecule has 4 bridgehead atoms. The third-order valence-electron chi connectivity index (χ3n) is 6.51. The number of nitrogens with one attached hydrogen (secondary N) is 1. The summed E-state index contributed by atoms with van der Waals surface area (Å²) in [5.74, 6) is 1.54. The summed E-state index contributed by atoms with van der Waals surface area (Å²) in [5.41, 5.74) is 2.09. The second kappa shape index (κ2) is 5.90. The predicted molar refractivity (Wildman–Crippen MR) is 91.7 cm³/mol. The van der Waals surface area contributed by atoms with E-state index in [0.29, 0.717) is 17.3 Å². The van der Waals surface area contributed by atoms with Crippen LogP contribution >= 0.6 is 0 Å². The van der Waals surface area contributed by atoms with Crippen molar-refractivity contribution < 1.29 is 8.78 Å². The van der Waals surface area contributed by atoms with E-state index in [1.54, 1.807) is 6.20 Å². The molecule has 0 amide bonds. The van der Waals surface area contributed by atoms with Crippen LogP contribution in [0.5, 0.6) is 0 Å². The summed E-state index contributed by atoms with van der Waals surface area (Å²) < 4.78 is 27.4. The molecule has 25 heavy (non-hydrogen) atoms. The number of benzene rings is 1. The third kappa shape index (κ3) is 2.78. The molecule has 2 aliphatic carbocycles. The largest absolute Gasteiger partial charge is 0.296 e. The zero-order chi connectivity index (χ0) is 17.0. The van der Waals surface area contributed by atoms with Crippen LogP contribution in [-0.2, 0) is 6.54 Å². The normalized spacial score (nSPS) is 31.4. The summed E-state index contributed by atoms with van der Waals surface area (Å²) >= 11 is 0. The topological polar surface area (TPSA) is 31.9 Å². The Kier molecular flexibility index (Phi) is 3.66. The van der Waals surface area contributed by atoms with Crippen molar-refractivity contribution >= 4 is 0 Å². The second-order valence-corrected chi connectivity index (χ2v) is 8.25. The van der Waals surface area contributed by atoms with Crippen LogP contribution in [0.15, 0.2) is 24.4 Å². The summed E-state index contributed by atoms with van der Waals surface area (Å²) in [6.45, 7) is 1.94. The minimum atomic E-state index is -0.553. The molecular weight excluding hydrogens is 320 g/mol. The van der Waals surface area contributed by atoms with Gasteiger partial charge in [-0.15, -0.1) is 0 Å². The van der Waals surface area contributed by atoms with E-state index >= 15 is 0 Å². The van der Waals surface area contributed by atoms with Gasteiger partial charge >= 0.3 is 0 Å². The lowest BCUT2D eigenvalue weighted by molar-refractivity contribution is 0.122. The molecule has 1 aromatic heterocycles. The van der Waals surface area contributed by atoms with E-state index in [4.69, 9.17) is 0 Å². The average Bonchev–Trinajstić information content (AvgIpc) is 2.93. The Morgan fingerprint density at radius 2 is 1.80 bits per heavy atom. The fourth-order valence-corrected chi connectivity index (χ4v) is 5.65. The van der Waals surface area contributed by atoms with Gasteiger partial charge in [0, 0.05) is 36.3 Å². The van der Waals surface area contributed by atoms with E-state index in [9.17, 15) is 8.78 Å². The molecule has 2 saturated carbocycles. The zero-order valence-electron chi connectivity index (χ0n) is 14.2. The number of H-pyrrole nitrogens is 1. The van der Waals surface area contributed by atoms with Crippen LogP contribution < -0.4 is 0 Å². The van der Waals surface area contributed by atoms with E-state index in [-0.39, 0.29) is 0 Å². The molecule has 1 N–H and O–H groups in total. The van der Waals surface area contributed by atoms with E-state index < -0.39 is 11.6 Å². The number of halogens is 2. The van der Waals surface area contributed by atoms with Gasteiger partial charge < -0.3 is 0 Å². The van der Waals surface area contributed by atoms with Gasteiger partial charge in [-0.05, 0) is 62.0 Å². The summed E-state index contributed by atoms with van der Waals surface area (Å²) in [7, 11) is 0. The first-order valence-corrected chi connectivity index (χ1v) is 9.37. The Morgan fingerprint density at radius 3 is 2.56 bits per heavy atom. The van der Waals surface area contributed by atoms with Gasteiger partial charge in [-0.3, -0.25) is 10.00 Å².